The SMILES string of the molecule is CCCOc1ccccc1CN(CC1CCCCC1)[C@H]1CCNC1. The maximum absolute atomic E-state index is 6.00. The average molecular weight is 331 g/mol. The number of hydrogen-bond donors (Lipinski definition) is 1. The molecule has 1 aromatic carbocycles. The second-order valence-electron chi connectivity index (χ2n) is 7.54. The van der Waals surface area contributed by atoms with Gasteiger partial charge in [0.25, 0.3) is 0 Å². The fourth-order valence-electron chi connectivity index (χ4n) is 4.20. The zero-order chi connectivity index (χ0) is 16.6. The molecule has 24 heavy (non-hydrogen) atoms. The van der Waals surface area contributed by atoms with E-state index in [9.17, 15) is 0 Å². The van der Waals surface area contributed by atoms with Crippen molar-refractivity contribution >= 4 is 0 Å². The van der Waals surface area contributed by atoms with Crippen LogP contribution in [-0.2, 0) is 6.54 Å². The van der Waals surface area contributed by atoms with Crippen molar-refractivity contribution in [3.63, 3.8) is 0 Å². The highest BCUT2D eigenvalue weighted by Crippen LogP contribution is 2.28. The lowest BCUT2D eigenvalue weighted by atomic mass is 9.88. The number of hydrogen-bond acceptors (Lipinski definition) is 3. The average Bonchev–Trinajstić information content (AvgIpc) is 3.16. The van der Waals surface area contributed by atoms with Crippen molar-refractivity contribution in [1.82, 2.24) is 10.2 Å². The van der Waals surface area contributed by atoms with Crippen LogP contribution in [0.3, 0.4) is 0 Å². The fourth-order valence-corrected chi connectivity index (χ4v) is 4.20. The predicted molar refractivity (Wildman–Crippen MR) is 100 cm³/mol. The van der Waals surface area contributed by atoms with Crippen LogP contribution in [-0.4, -0.2) is 37.2 Å². The van der Waals surface area contributed by atoms with E-state index in [0.29, 0.717) is 6.04 Å². The minimum absolute atomic E-state index is 0.686. The number of para-hydroxylation sites is 1. The summed E-state index contributed by atoms with van der Waals surface area (Å²) >= 11 is 0. The summed E-state index contributed by atoms with van der Waals surface area (Å²) in [5, 5.41) is 3.55. The molecule has 1 aliphatic carbocycles. The molecule has 1 atom stereocenters. The second kappa shape index (κ2) is 9.43. The summed E-state index contributed by atoms with van der Waals surface area (Å²) in [6, 6.07) is 9.32. The first-order valence-corrected chi connectivity index (χ1v) is 10.0. The molecule has 2 aliphatic rings. The lowest BCUT2D eigenvalue weighted by Gasteiger charge is -2.34. The molecule has 0 aromatic heterocycles. The van der Waals surface area contributed by atoms with Crippen molar-refractivity contribution < 1.29 is 4.74 Å². The Kier molecular flexibility index (Phi) is 6.98. The molecule has 1 aliphatic heterocycles. The summed E-state index contributed by atoms with van der Waals surface area (Å²) in [6.45, 7) is 7.58. The van der Waals surface area contributed by atoms with Gasteiger partial charge in [-0.05, 0) is 44.2 Å². The third-order valence-corrected chi connectivity index (χ3v) is 5.58. The van der Waals surface area contributed by atoms with Crippen LogP contribution in [0.5, 0.6) is 5.75 Å². The zero-order valence-electron chi connectivity index (χ0n) is 15.3. The largest absolute Gasteiger partial charge is 0.493 e. The predicted octanol–water partition coefficient (Wildman–Crippen LogP) is 4.22. The van der Waals surface area contributed by atoms with E-state index < -0.39 is 0 Å². The van der Waals surface area contributed by atoms with Gasteiger partial charge in [0.2, 0.25) is 0 Å². The Bertz CT molecular complexity index is 478. The van der Waals surface area contributed by atoms with Gasteiger partial charge in [-0.1, -0.05) is 44.4 Å². The van der Waals surface area contributed by atoms with Gasteiger partial charge >= 0.3 is 0 Å². The molecule has 1 saturated heterocycles. The molecule has 1 aromatic rings. The van der Waals surface area contributed by atoms with Crippen molar-refractivity contribution in [2.24, 2.45) is 5.92 Å². The number of ether oxygens (including phenoxy) is 1. The Morgan fingerprint density at radius 2 is 1.96 bits per heavy atom. The quantitative estimate of drug-likeness (QED) is 0.772. The minimum atomic E-state index is 0.686. The summed E-state index contributed by atoms with van der Waals surface area (Å²) in [4.78, 5) is 2.74. The van der Waals surface area contributed by atoms with Gasteiger partial charge in [0, 0.05) is 31.2 Å². The number of benzene rings is 1. The summed E-state index contributed by atoms with van der Waals surface area (Å²) in [6.07, 6.45) is 9.48. The smallest absolute Gasteiger partial charge is 0.123 e. The summed E-state index contributed by atoms with van der Waals surface area (Å²) in [5.74, 6) is 1.97. The Hall–Kier alpha value is -1.06. The molecule has 134 valence electrons. The molecule has 1 heterocycles. The van der Waals surface area contributed by atoms with Gasteiger partial charge in [-0.25, -0.2) is 0 Å². The second-order valence-corrected chi connectivity index (χ2v) is 7.54. The van der Waals surface area contributed by atoms with Gasteiger partial charge < -0.3 is 10.1 Å². The van der Waals surface area contributed by atoms with Crippen LogP contribution in [0.4, 0.5) is 0 Å². The van der Waals surface area contributed by atoms with Crippen molar-refractivity contribution in [1.29, 1.82) is 0 Å². The molecule has 3 heteroatoms. The normalized spacial score (nSPS) is 22.2. The maximum Gasteiger partial charge on any atom is 0.123 e. The van der Waals surface area contributed by atoms with Gasteiger partial charge in [0.1, 0.15) is 5.75 Å². The Labute approximate surface area is 147 Å². The highest BCUT2D eigenvalue weighted by Gasteiger charge is 2.26. The lowest BCUT2D eigenvalue weighted by Crippen LogP contribution is -2.40. The van der Waals surface area contributed by atoms with E-state index in [1.54, 1.807) is 0 Å². The summed E-state index contributed by atoms with van der Waals surface area (Å²) in [7, 11) is 0. The first-order valence-electron chi connectivity index (χ1n) is 10.0. The standard InChI is InChI=1S/C21H34N2O/c1-2-14-24-21-11-7-6-10-19(21)17-23(20-12-13-22-15-20)16-18-8-4-3-5-9-18/h6-7,10-11,18,20,22H,2-5,8-9,12-17H2,1H3/t20-/m0/s1. The zero-order valence-corrected chi connectivity index (χ0v) is 15.3. The molecule has 2 fully saturated rings. The fraction of sp³-hybridized carbons (Fsp3) is 0.714. The third-order valence-electron chi connectivity index (χ3n) is 5.58. The Morgan fingerprint density at radius 3 is 2.71 bits per heavy atom. The van der Waals surface area contributed by atoms with Crippen molar-refractivity contribution in [2.45, 2.75) is 64.5 Å². The molecule has 0 radical (unpaired) electrons. The molecule has 3 rings (SSSR count). The molecule has 1 N–H and O–H groups in total. The molecule has 3 nitrogen and oxygen atoms in total. The molecular formula is C21H34N2O. The van der Waals surface area contributed by atoms with Gasteiger partial charge in [0.05, 0.1) is 6.61 Å². The van der Waals surface area contributed by atoms with E-state index in [1.807, 2.05) is 0 Å². The first-order chi connectivity index (χ1) is 11.9. The van der Waals surface area contributed by atoms with Crippen molar-refractivity contribution in [2.75, 3.05) is 26.2 Å². The van der Waals surface area contributed by atoms with Crippen LogP contribution >= 0.6 is 0 Å². The Balaban J connectivity index is 1.68. The van der Waals surface area contributed by atoms with Crippen LogP contribution in [0.1, 0.15) is 57.4 Å². The van der Waals surface area contributed by atoms with E-state index >= 15 is 0 Å². The number of nitrogens with zero attached hydrogens (tertiary/aromatic N) is 1. The summed E-state index contributed by atoms with van der Waals surface area (Å²) < 4.78 is 6.00. The van der Waals surface area contributed by atoms with Crippen LogP contribution in [0.25, 0.3) is 0 Å². The van der Waals surface area contributed by atoms with E-state index in [1.165, 1.54) is 57.2 Å². The maximum atomic E-state index is 6.00. The van der Waals surface area contributed by atoms with Crippen molar-refractivity contribution in [3.8, 4) is 5.75 Å². The number of rotatable bonds is 8. The Morgan fingerprint density at radius 1 is 1.12 bits per heavy atom. The molecule has 0 spiro atoms. The van der Waals surface area contributed by atoms with Crippen molar-refractivity contribution in [3.05, 3.63) is 29.8 Å². The van der Waals surface area contributed by atoms with Crippen LogP contribution in [0.15, 0.2) is 24.3 Å². The lowest BCUT2D eigenvalue weighted by molar-refractivity contribution is 0.147. The molecule has 0 bridgehead atoms. The van der Waals surface area contributed by atoms with Gasteiger partial charge in [-0.15, -0.1) is 0 Å². The molecule has 1 saturated carbocycles. The monoisotopic (exact) mass is 330 g/mol. The van der Waals surface area contributed by atoms with Crippen LogP contribution in [0.2, 0.25) is 0 Å². The number of nitrogens with one attached hydrogen (secondary N) is 1. The summed E-state index contributed by atoms with van der Waals surface area (Å²) in [5.41, 5.74) is 1.36. The molecule has 0 amide bonds. The van der Waals surface area contributed by atoms with E-state index in [2.05, 4.69) is 41.4 Å². The topological polar surface area (TPSA) is 24.5 Å². The van der Waals surface area contributed by atoms with Gasteiger partial charge in [0.15, 0.2) is 0 Å². The van der Waals surface area contributed by atoms with Gasteiger partial charge in [-0.2, -0.15) is 0 Å². The van der Waals surface area contributed by atoms with E-state index in [0.717, 1.165) is 37.8 Å². The van der Waals surface area contributed by atoms with Gasteiger partial charge in [-0.3, -0.25) is 4.90 Å². The van der Waals surface area contributed by atoms with E-state index in [-0.39, 0.29) is 0 Å². The van der Waals surface area contributed by atoms with E-state index in [4.69, 9.17) is 4.74 Å². The molecular weight excluding hydrogens is 296 g/mol. The van der Waals surface area contributed by atoms with Crippen LogP contribution < -0.4 is 10.1 Å². The highest BCUT2D eigenvalue weighted by atomic mass is 16.5. The molecule has 0 unspecified atom stereocenters. The first kappa shape index (κ1) is 17.8. The minimum Gasteiger partial charge on any atom is -0.493 e. The third kappa shape index (κ3) is 4.97. The van der Waals surface area contributed by atoms with Crippen LogP contribution in [0, 0.1) is 5.92 Å². The highest BCUT2D eigenvalue weighted by molar-refractivity contribution is 5.33.